The average molecular weight is 282 g/mol. The number of carbonyl (C=O) groups is 1. The number of aromatic amines is 1. The molecular weight excluding hydrogens is 264 g/mol. The molecule has 0 aliphatic carbocycles. The van der Waals surface area contributed by atoms with Gasteiger partial charge in [0.15, 0.2) is 0 Å². The summed E-state index contributed by atoms with van der Waals surface area (Å²) in [4.78, 5) is 15.2. The normalized spacial score (nSPS) is 12.2. The fourth-order valence-corrected chi connectivity index (χ4v) is 2.91. The van der Waals surface area contributed by atoms with Crippen molar-refractivity contribution in [1.82, 2.24) is 4.98 Å². The number of carbonyl (C=O) groups excluding carboxylic acids is 1. The molecule has 0 atom stereocenters. The van der Waals surface area contributed by atoms with Gasteiger partial charge in [0, 0.05) is 16.3 Å². The summed E-state index contributed by atoms with van der Waals surface area (Å²) in [5.41, 5.74) is 8.10. The van der Waals surface area contributed by atoms with Gasteiger partial charge in [-0.05, 0) is 31.9 Å². The van der Waals surface area contributed by atoms with Crippen molar-refractivity contribution in [3.8, 4) is 0 Å². The van der Waals surface area contributed by atoms with Crippen LogP contribution in [-0.4, -0.2) is 16.0 Å². The monoisotopic (exact) mass is 282 g/mol. The molecule has 1 amide bonds. The van der Waals surface area contributed by atoms with Gasteiger partial charge >= 0.3 is 0 Å². The smallest absolute Gasteiger partial charge is 0.251 e. The Balaban J connectivity index is 2.52. The highest BCUT2D eigenvalue weighted by Gasteiger charge is 2.25. The molecule has 4 N–H and O–H groups in total. The molecule has 4 heteroatoms. The Hall–Kier alpha value is -2.33. The fraction of sp³-hybridized carbons (Fsp3) is 0.235. The molecule has 0 spiro atoms. The van der Waals surface area contributed by atoms with Crippen molar-refractivity contribution in [2.45, 2.75) is 26.4 Å². The molecule has 4 nitrogen and oxygen atoms in total. The van der Waals surface area contributed by atoms with Crippen LogP contribution in [0.25, 0.3) is 21.8 Å². The maximum Gasteiger partial charge on any atom is 0.251 e. The maximum atomic E-state index is 11.9. The van der Waals surface area contributed by atoms with Gasteiger partial charge in [0.05, 0.1) is 16.7 Å². The first kappa shape index (κ1) is 13.6. The van der Waals surface area contributed by atoms with E-state index in [9.17, 15) is 9.90 Å². The van der Waals surface area contributed by atoms with Gasteiger partial charge in [-0.1, -0.05) is 30.3 Å². The topological polar surface area (TPSA) is 79.1 Å². The third-order valence-electron chi connectivity index (χ3n) is 3.92. The van der Waals surface area contributed by atoms with Crippen LogP contribution in [0.1, 0.15) is 35.3 Å². The predicted octanol–water partition coefficient (Wildman–Crippen LogP) is 2.96. The van der Waals surface area contributed by atoms with E-state index >= 15 is 0 Å². The van der Waals surface area contributed by atoms with Crippen LogP contribution < -0.4 is 5.73 Å². The van der Waals surface area contributed by atoms with E-state index in [4.69, 9.17) is 5.73 Å². The Kier molecular flexibility index (Phi) is 2.81. The average Bonchev–Trinajstić information content (AvgIpc) is 2.76. The first-order valence-electron chi connectivity index (χ1n) is 6.87. The molecule has 0 aliphatic heterocycles. The van der Waals surface area contributed by atoms with Crippen molar-refractivity contribution in [2.75, 3.05) is 0 Å². The molecule has 3 rings (SSSR count). The summed E-state index contributed by atoms with van der Waals surface area (Å²) in [6.45, 7) is 5.31. The molecule has 0 saturated carbocycles. The lowest BCUT2D eigenvalue weighted by atomic mass is 9.91. The second-order valence-electron chi connectivity index (χ2n) is 5.96. The van der Waals surface area contributed by atoms with Gasteiger partial charge in [-0.25, -0.2) is 0 Å². The Morgan fingerprint density at radius 2 is 1.81 bits per heavy atom. The third-order valence-corrected chi connectivity index (χ3v) is 3.92. The number of aryl methyl sites for hydroxylation is 1. The molecule has 1 aromatic heterocycles. The molecule has 108 valence electrons. The third kappa shape index (κ3) is 1.99. The van der Waals surface area contributed by atoms with Gasteiger partial charge in [-0.15, -0.1) is 0 Å². The number of nitrogens with two attached hydrogens (primary N) is 1. The van der Waals surface area contributed by atoms with Crippen LogP contribution >= 0.6 is 0 Å². The molecule has 0 fully saturated rings. The summed E-state index contributed by atoms with van der Waals surface area (Å²) in [5, 5.41) is 12.3. The summed E-state index contributed by atoms with van der Waals surface area (Å²) in [5.74, 6) is -0.540. The zero-order valence-electron chi connectivity index (χ0n) is 12.3. The Morgan fingerprint density at radius 1 is 1.14 bits per heavy atom. The number of para-hydroxylation sites is 1. The number of aliphatic hydroxyl groups is 1. The van der Waals surface area contributed by atoms with Crippen molar-refractivity contribution < 1.29 is 9.90 Å². The quantitative estimate of drug-likeness (QED) is 0.675. The van der Waals surface area contributed by atoms with Crippen molar-refractivity contribution in [2.24, 2.45) is 5.73 Å². The van der Waals surface area contributed by atoms with Crippen molar-refractivity contribution in [3.63, 3.8) is 0 Å². The number of amides is 1. The summed E-state index contributed by atoms with van der Waals surface area (Å²) in [6.07, 6.45) is 0. The Morgan fingerprint density at radius 3 is 2.43 bits per heavy atom. The van der Waals surface area contributed by atoms with Gasteiger partial charge < -0.3 is 15.8 Å². The first-order chi connectivity index (χ1) is 9.80. The summed E-state index contributed by atoms with van der Waals surface area (Å²) in [7, 11) is 0. The zero-order chi connectivity index (χ0) is 15.4. The molecule has 0 radical (unpaired) electrons. The molecule has 1 heterocycles. The van der Waals surface area contributed by atoms with Crippen molar-refractivity contribution in [1.29, 1.82) is 0 Å². The zero-order valence-corrected chi connectivity index (χ0v) is 12.3. The summed E-state index contributed by atoms with van der Waals surface area (Å²) in [6, 6.07) is 9.71. The highest BCUT2D eigenvalue weighted by molar-refractivity contribution is 6.16. The number of H-pyrrole nitrogens is 1. The van der Waals surface area contributed by atoms with Crippen LogP contribution in [0.2, 0.25) is 0 Å². The lowest BCUT2D eigenvalue weighted by Gasteiger charge is -2.20. The van der Waals surface area contributed by atoms with E-state index in [0.29, 0.717) is 16.6 Å². The number of primary amides is 1. The van der Waals surface area contributed by atoms with E-state index < -0.39 is 11.5 Å². The Bertz CT molecular complexity index is 870. The van der Waals surface area contributed by atoms with Gasteiger partial charge in [0.1, 0.15) is 0 Å². The first-order valence-corrected chi connectivity index (χ1v) is 6.87. The van der Waals surface area contributed by atoms with Crippen LogP contribution in [-0.2, 0) is 5.60 Å². The molecule has 3 aromatic rings. The summed E-state index contributed by atoms with van der Waals surface area (Å²) >= 11 is 0. The van der Waals surface area contributed by atoms with Crippen molar-refractivity contribution >= 4 is 27.7 Å². The van der Waals surface area contributed by atoms with E-state index in [1.165, 1.54) is 0 Å². The van der Waals surface area contributed by atoms with E-state index in [-0.39, 0.29) is 0 Å². The van der Waals surface area contributed by atoms with Gasteiger partial charge in [-0.2, -0.15) is 0 Å². The lowest BCUT2D eigenvalue weighted by Crippen LogP contribution is -2.23. The minimum Gasteiger partial charge on any atom is -0.386 e. The van der Waals surface area contributed by atoms with Crippen LogP contribution in [0.5, 0.6) is 0 Å². The van der Waals surface area contributed by atoms with Crippen molar-refractivity contribution in [3.05, 3.63) is 47.0 Å². The molecule has 2 aromatic carbocycles. The number of hydrogen-bond donors (Lipinski definition) is 3. The van der Waals surface area contributed by atoms with Gasteiger partial charge in [-0.3, -0.25) is 4.79 Å². The SMILES string of the molecule is Cc1cccc2c1[nH]c1c(C(N)=O)c(C(C)(C)O)ccc12. The number of aromatic nitrogens is 1. The molecule has 0 unspecified atom stereocenters. The van der Waals surface area contributed by atoms with Crippen LogP contribution in [0.15, 0.2) is 30.3 Å². The van der Waals surface area contributed by atoms with Gasteiger partial charge in [0.25, 0.3) is 5.91 Å². The lowest BCUT2D eigenvalue weighted by molar-refractivity contribution is 0.0757. The van der Waals surface area contributed by atoms with Crippen LogP contribution in [0, 0.1) is 6.92 Å². The predicted molar refractivity (Wildman–Crippen MR) is 84.3 cm³/mol. The van der Waals surface area contributed by atoms with E-state index in [0.717, 1.165) is 21.9 Å². The number of benzene rings is 2. The standard InChI is InChI=1S/C17H18N2O2/c1-9-5-4-6-10-11-7-8-12(17(2,3)21)13(16(18)20)15(11)19-14(9)10/h4-8,19,21H,1-3H3,(H2,18,20). The molecule has 0 saturated heterocycles. The summed E-state index contributed by atoms with van der Waals surface area (Å²) < 4.78 is 0. The second-order valence-corrected chi connectivity index (χ2v) is 5.96. The highest BCUT2D eigenvalue weighted by Crippen LogP contribution is 2.34. The maximum absolute atomic E-state index is 11.9. The highest BCUT2D eigenvalue weighted by atomic mass is 16.3. The number of fused-ring (bicyclic) bond motifs is 3. The largest absolute Gasteiger partial charge is 0.386 e. The molecular formula is C17H18N2O2. The minimum atomic E-state index is -1.13. The number of nitrogens with one attached hydrogen (secondary N) is 1. The van der Waals surface area contributed by atoms with Gasteiger partial charge in [0.2, 0.25) is 0 Å². The number of rotatable bonds is 2. The van der Waals surface area contributed by atoms with E-state index in [1.807, 2.05) is 31.2 Å². The fourth-order valence-electron chi connectivity index (χ4n) is 2.91. The Labute approximate surface area is 122 Å². The minimum absolute atomic E-state index is 0.357. The van der Waals surface area contributed by atoms with E-state index in [1.54, 1.807) is 19.9 Å². The van der Waals surface area contributed by atoms with Crippen LogP contribution in [0.4, 0.5) is 0 Å². The van der Waals surface area contributed by atoms with Crippen LogP contribution in [0.3, 0.4) is 0 Å². The number of hydrogen-bond acceptors (Lipinski definition) is 2. The second kappa shape index (κ2) is 4.33. The van der Waals surface area contributed by atoms with E-state index in [2.05, 4.69) is 4.98 Å². The molecule has 21 heavy (non-hydrogen) atoms. The molecule has 0 bridgehead atoms. The molecule has 0 aliphatic rings.